The third-order valence-corrected chi connectivity index (χ3v) is 5.18. The molecule has 1 aliphatic heterocycles. The van der Waals surface area contributed by atoms with Crippen LogP contribution >= 0.6 is 11.3 Å². The minimum Gasteiger partial charge on any atom is -0.475 e. The van der Waals surface area contributed by atoms with Crippen LogP contribution in [0.2, 0.25) is 0 Å². The second-order valence-electron chi connectivity index (χ2n) is 6.62. The van der Waals surface area contributed by atoms with Gasteiger partial charge in [-0.05, 0) is 36.3 Å². The number of alkyl halides is 3. The molecular formula is C18H19F3N6O2S. The van der Waals surface area contributed by atoms with Gasteiger partial charge in [0.1, 0.15) is 5.69 Å². The van der Waals surface area contributed by atoms with Crippen LogP contribution in [0.3, 0.4) is 0 Å². The summed E-state index contributed by atoms with van der Waals surface area (Å²) < 4.78 is 33.7. The van der Waals surface area contributed by atoms with Crippen LogP contribution in [0, 0.1) is 5.92 Å². The predicted octanol–water partition coefficient (Wildman–Crippen LogP) is 3.35. The maximum atomic E-state index is 10.6. The quantitative estimate of drug-likeness (QED) is 0.665. The average Bonchev–Trinajstić information content (AvgIpc) is 3.41. The van der Waals surface area contributed by atoms with E-state index in [1.807, 2.05) is 10.7 Å². The van der Waals surface area contributed by atoms with Crippen molar-refractivity contribution in [2.24, 2.45) is 5.92 Å². The fourth-order valence-corrected chi connectivity index (χ4v) is 3.61. The molecule has 1 aliphatic rings. The molecule has 0 radical (unpaired) electrons. The normalized spacial score (nSPS) is 14.8. The molecule has 4 rings (SSSR count). The topological polar surface area (TPSA) is 97.0 Å². The Bertz CT molecular complexity index is 925. The molecule has 0 saturated carbocycles. The van der Waals surface area contributed by atoms with Gasteiger partial charge in [0.2, 0.25) is 5.95 Å². The zero-order valence-electron chi connectivity index (χ0n) is 15.7. The maximum absolute atomic E-state index is 10.6. The monoisotopic (exact) mass is 440 g/mol. The molecule has 3 aromatic rings. The number of aliphatic carboxylic acids is 1. The smallest absolute Gasteiger partial charge is 0.475 e. The number of halogens is 3. The second kappa shape index (κ2) is 9.65. The summed E-state index contributed by atoms with van der Waals surface area (Å²) in [7, 11) is 0. The Kier molecular flexibility index (Phi) is 6.98. The van der Waals surface area contributed by atoms with E-state index in [1.54, 1.807) is 23.7 Å². The first-order valence-electron chi connectivity index (χ1n) is 9.07. The highest BCUT2D eigenvalue weighted by molar-refractivity contribution is 7.08. The molecule has 8 nitrogen and oxygen atoms in total. The van der Waals surface area contributed by atoms with Crippen LogP contribution in [0.1, 0.15) is 12.8 Å². The largest absolute Gasteiger partial charge is 0.490 e. The van der Waals surface area contributed by atoms with Gasteiger partial charge in [0.15, 0.2) is 0 Å². The van der Waals surface area contributed by atoms with Gasteiger partial charge in [-0.2, -0.15) is 24.5 Å². The summed E-state index contributed by atoms with van der Waals surface area (Å²) in [5.74, 6) is -1.29. The molecule has 1 fully saturated rings. The second-order valence-corrected chi connectivity index (χ2v) is 7.40. The Hall–Kier alpha value is -3.02. The number of nitrogens with zero attached hydrogens (tertiary/aromatic N) is 6. The van der Waals surface area contributed by atoms with E-state index in [4.69, 9.17) is 9.90 Å². The Morgan fingerprint density at radius 1 is 1.23 bits per heavy atom. The molecule has 0 bridgehead atoms. The molecule has 0 spiro atoms. The molecule has 12 heteroatoms. The van der Waals surface area contributed by atoms with Gasteiger partial charge in [0.25, 0.3) is 0 Å². The molecular weight excluding hydrogens is 421 g/mol. The van der Waals surface area contributed by atoms with E-state index in [0.29, 0.717) is 5.92 Å². The van der Waals surface area contributed by atoms with E-state index >= 15 is 0 Å². The summed E-state index contributed by atoms with van der Waals surface area (Å²) >= 11 is 1.68. The molecule has 0 atom stereocenters. The Morgan fingerprint density at radius 3 is 2.47 bits per heavy atom. The first-order valence-corrected chi connectivity index (χ1v) is 10.0. The number of carbonyl (C=O) groups is 1. The molecule has 1 saturated heterocycles. The number of carboxylic acids is 1. The van der Waals surface area contributed by atoms with Gasteiger partial charge in [0, 0.05) is 43.0 Å². The van der Waals surface area contributed by atoms with E-state index < -0.39 is 12.1 Å². The van der Waals surface area contributed by atoms with Gasteiger partial charge in [-0.15, -0.1) is 5.10 Å². The highest BCUT2D eigenvalue weighted by Crippen LogP contribution is 2.23. The Morgan fingerprint density at radius 2 is 1.90 bits per heavy atom. The van der Waals surface area contributed by atoms with Crippen molar-refractivity contribution in [2.45, 2.75) is 25.6 Å². The highest BCUT2D eigenvalue weighted by Gasteiger charge is 2.38. The molecule has 0 amide bonds. The van der Waals surface area contributed by atoms with Gasteiger partial charge in [-0.25, -0.2) is 14.8 Å². The Labute approximate surface area is 174 Å². The number of aromatic nitrogens is 5. The number of piperidine rings is 1. The predicted molar refractivity (Wildman–Crippen MR) is 104 cm³/mol. The molecule has 1 N–H and O–H groups in total. The summed E-state index contributed by atoms with van der Waals surface area (Å²) in [4.78, 5) is 19.8. The van der Waals surface area contributed by atoms with Crippen LogP contribution in [-0.4, -0.2) is 55.3 Å². The van der Waals surface area contributed by atoms with E-state index in [1.165, 1.54) is 0 Å². The molecule has 4 heterocycles. The summed E-state index contributed by atoms with van der Waals surface area (Å²) in [5.41, 5.74) is 2.11. The van der Waals surface area contributed by atoms with E-state index in [9.17, 15) is 13.2 Å². The van der Waals surface area contributed by atoms with E-state index in [0.717, 1.165) is 49.7 Å². The summed E-state index contributed by atoms with van der Waals surface area (Å²) in [6.07, 6.45) is 2.83. The average molecular weight is 440 g/mol. The van der Waals surface area contributed by atoms with Crippen LogP contribution in [-0.2, 0) is 11.3 Å². The molecule has 0 unspecified atom stereocenters. The lowest BCUT2D eigenvalue weighted by Gasteiger charge is -2.31. The summed E-state index contributed by atoms with van der Waals surface area (Å²) in [5, 5.41) is 19.8. The van der Waals surface area contributed by atoms with Gasteiger partial charge in [-0.3, -0.25) is 4.68 Å². The molecule has 0 aromatic carbocycles. The number of hydrogen-bond donors (Lipinski definition) is 1. The lowest BCUT2D eigenvalue weighted by Crippen LogP contribution is -2.36. The first kappa shape index (κ1) is 21.7. The Balaban J connectivity index is 0.000000318. The summed E-state index contributed by atoms with van der Waals surface area (Å²) in [6, 6.07) is 3.93. The molecule has 30 heavy (non-hydrogen) atoms. The number of anilines is 1. The van der Waals surface area contributed by atoms with Crippen molar-refractivity contribution in [3.8, 4) is 11.3 Å². The minimum atomic E-state index is -5.08. The van der Waals surface area contributed by atoms with Crippen molar-refractivity contribution in [2.75, 3.05) is 18.0 Å². The minimum absolute atomic E-state index is 0.631. The first-order chi connectivity index (χ1) is 14.3. The molecule has 160 valence electrons. The third-order valence-electron chi connectivity index (χ3n) is 4.49. The lowest BCUT2D eigenvalue weighted by atomic mass is 9.97. The van der Waals surface area contributed by atoms with Gasteiger partial charge < -0.3 is 10.0 Å². The van der Waals surface area contributed by atoms with Crippen LogP contribution in [0.5, 0.6) is 0 Å². The zero-order chi connectivity index (χ0) is 21.6. The van der Waals surface area contributed by atoms with Crippen molar-refractivity contribution >= 4 is 23.3 Å². The summed E-state index contributed by atoms with van der Waals surface area (Å²) in [6.45, 7) is 2.93. The standard InChI is InChI=1S/C16H18N6S.C2HF3O2/c1-5-17-16(18-6-1)21-7-2-13(3-8-21)10-22-11-15(19-20-22)14-4-9-23-12-14;3-2(4,5)1(6)7/h1,4-6,9,11-13H,2-3,7-8,10H2;(H,6,7). The lowest BCUT2D eigenvalue weighted by molar-refractivity contribution is -0.192. The third kappa shape index (κ3) is 5.99. The van der Waals surface area contributed by atoms with Crippen LogP contribution in [0.15, 0.2) is 41.5 Å². The van der Waals surface area contributed by atoms with Gasteiger partial charge >= 0.3 is 12.1 Å². The zero-order valence-corrected chi connectivity index (χ0v) is 16.6. The van der Waals surface area contributed by atoms with Crippen molar-refractivity contribution in [3.63, 3.8) is 0 Å². The molecule has 3 aromatic heterocycles. The highest BCUT2D eigenvalue weighted by atomic mass is 32.1. The van der Waals surface area contributed by atoms with Gasteiger partial charge in [-0.1, -0.05) is 5.21 Å². The number of thiophene rings is 1. The van der Waals surface area contributed by atoms with Crippen molar-refractivity contribution in [1.29, 1.82) is 0 Å². The number of hydrogen-bond acceptors (Lipinski definition) is 7. The van der Waals surface area contributed by atoms with E-state index in [2.05, 4.69) is 48.2 Å². The van der Waals surface area contributed by atoms with Crippen molar-refractivity contribution in [3.05, 3.63) is 41.5 Å². The fourth-order valence-electron chi connectivity index (χ4n) is 2.96. The van der Waals surface area contributed by atoms with E-state index in [-0.39, 0.29) is 0 Å². The molecule has 0 aliphatic carbocycles. The maximum Gasteiger partial charge on any atom is 0.490 e. The van der Waals surface area contributed by atoms with Crippen LogP contribution in [0.25, 0.3) is 11.3 Å². The van der Waals surface area contributed by atoms with Crippen molar-refractivity contribution < 1.29 is 23.1 Å². The number of carboxylic acid groups (broad SMARTS) is 1. The van der Waals surface area contributed by atoms with Crippen LogP contribution < -0.4 is 4.90 Å². The fraction of sp³-hybridized carbons (Fsp3) is 0.389. The number of rotatable bonds is 4. The van der Waals surface area contributed by atoms with Crippen LogP contribution in [0.4, 0.5) is 19.1 Å². The van der Waals surface area contributed by atoms with Gasteiger partial charge in [0.05, 0.1) is 6.20 Å². The van der Waals surface area contributed by atoms with Crippen molar-refractivity contribution in [1.82, 2.24) is 25.0 Å². The SMILES string of the molecule is O=C(O)C(F)(F)F.c1cnc(N2CCC(Cn3cc(-c4ccsc4)nn3)CC2)nc1.